The molecular weight excluding hydrogens is 493 g/mol. The van der Waals surface area contributed by atoms with Crippen LogP contribution in [0, 0.1) is 3.57 Å². The zero-order valence-corrected chi connectivity index (χ0v) is 18.8. The Kier molecular flexibility index (Phi) is 5.51. The number of dihydropyridines is 1. The van der Waals surface area contributed by atoms with E-state index in [1.807, 2.05) is 49.4 Å². The number of allylic oxidation sites excluding steroid dienone is 2. The summed E-state index contributed by atoms with van der Waals surface area (Å²) in [5, 5.41) is 3.28. The largest absolute Gasteiger partial charge is 0.488 e. The summed E-state index contributed by atoms with van der Waals surface area (Å²) in [6.45, 7) is 5.91. The first-order valence-corrected chi connectivity index (χ1v) is 10.5. The lowest BCUT2D eigenvalue weighted by Gasteiger charge is -2.29. The molecule has 0 saturated carbocycles. The van der Waals surface area contributed by atoms with Gasteiger partial charge in [-0.3, -0.25) is 4.79 Å². The van der Waals surface area contributed by atoms with Gasteiger partial charge >= 0.3 is 5.97 Å². The number of methoxy groups -OCH3 is 1. The van der Waals surface area contributed by atoms with Crippen LogP contribution in [-0.4, -0.2) is 25.5 Å². The Morgan fingerprint density at radius 2 is 1.97 bits per heavy atom. The Balaban J connectivity index is 1.88. The molecule has 152 valence electrons. The van der Waals surface area contributed by atoms with Crippen molar-refractivity contribution >= 4 is 40.0 Å². The van der Waals surface area contributed by atoms with Gasteiger partial charge in [0.25, 0.3) is 0 Å². The number of esters is 1. The summed E-state index contributed by atoms with van der Waals surface area (Å²) in [5.74, 6) is -0.337. The maximum absolute atomic E-state index is 13.4. The number of fused-ring (bicyclic) bond motifs is 2. The molecule has 0 saturated heterocycles. The lowest BCUT2D eigenvalue weighted by atomic mass is 9.80. The molecule has 1 aliphatic carbocycles. The van der Waals surface area contributed by atoms with Crippen LogP contribution >= 0.6 is 22.6 Å². The number of carbonyl (C=O) groups is 2. The molecular formula is C24H20INO4. The summed E-state index contributed by atoms with van der Waals surface area (Å²) in [6.07, 6.45) is 1.68. The molecule has 0 bridgehead atoms. The fraction of sp³-hybridized carbons (Fsp3) is 0.167. The summed E-state index contributed by atoms with van der Waals surface area (Å²) in [6, 6.07) is 13.2. The Morgan fingerprint density at radius 1 is 1.23 bits per heavy atom. The van der Waals surface area contributed by atoms with Crippen LogP contribution in [0.2, 0.25) is 0 Å². The number of hydrogen-bond donors (Lipinski definition) is 1. The van der Waals surface area contributed by atoms with Crippen LogP contribution in [0.3, 0.4) is 0 Å². The van der Waals surface area contributed by atoms with Gasteiger partial charge in [0.1, 0.15) is 12.4 Å². The van der Waals surface area contributed by atoms with Gasteiger partial charge in [-0.25, -0.2) is 4.79 Å². The highest BCUT2D eigenvalue weighted by atomic mass is 127. The molecule has 0 fully saturated rings. The molecule has 4 rings (SSSR count). The van der Waals surface area contributed by atoms with Gasteiger partial charge in [0.05, 0.1) is 22.0 Å². The predicted octanol–water partition coefficient (Wildman–Crippen LogP) is 4.60. The standard InChI is InChI=1S/C24H20INO4/c1-4-11-30-18-10-9-14(12-17(18)25)20-19(24(28)29-3)13(2)26-22-15-7-5-6-8-16(15)23(27)21(20)22/h4-10,12,20,26H,1,11H2,2-3H3/t20-/m0/s1. The third-order valence-corrected chi connectivity index (χ3v) is 6.14. The number of nitrogens with one attached hydrogen (secondary N) is 1. The van der Waals surface area contributed by atoms with E-state index in [9.17, 15) is 9.59 Å². The van der Waals surface area contributed by atoms with Gasteiger partial charge in [-0.1, -0.05) is 43.0 Å². The van der Waals surface area contributed by atoms with E-state index in [4.69, 9.17) is 9.47 Å². The average Bonchev–Trinajstić information content (AvgIpc) is 3.03. The quantitative estimate of drug-likeness (QED) is 0.360. The lowest BCUT2D eigenvalue weighted by molar-refractivity contribution is -0.136. The SMILES string of the molecule is C=CCOc1ccc([C@H]2C(C(=O)OC)=C(C)NC3=C2C(=O)c2ccccc23)cc1I. The van der Waals surface area contributed by atoms with Crippen LogP contribution in [0.15, 0.2) is 72.0 Å². The van der Waals surface area contributed by atoms with Gasteiger partial charge in [-0.2, -0.15) is 0 Å². The first-order valence-electron chi connectivity index (χ1n) is 9.45. The van der Waals surface area contributed by atoms with Crippen molar-refractivity contribution in [3.05, 3.63) is 92.2 Å². The van der Waals surface area contributed by atoms with Crippen LogP contribution in [-0.2, 0) is 9.53 Å². The Hall–Kier alpha value is -2.87. The molecule has 0 amide bonds. The topological polar surface area (TPSA) is 64.6 Å². The molecule has 1 N–H and O–H groups in total. The molecule has 2 aromatic rings. The van der Waals surface area contributed by atoms with E-state index in [0.29, 0.717) is 29.0 Å². The minimum Gasteiger partial charge on any atom is -0.488 e. The zero-order valence-electron chi connectivity index (χ0n) is 16.6. The van der Waals surface area contributed by atoms with Crippen molar-refractivity contribution in [3.8, 4) is 5.75 Å². The second-order valence-electron chi connectivity index (χ2n) is 7.04. The minimum absolute atomic E-state index is 0.0750. The number of Topliss-reactive ketones (excluding diaryl/α,β-unsaturated/α-hetero) is 1. The first kappa shape index (κ1) is 20.4. The Morgan fingerprint density at radius 3 is 2.63 bits per heavy atom. The normalized spacial score (nSPS) is 17.3. The molecule has 0 unspecified atom stereocenters. The molecule has 1 atom stereocenters. The maximum Gasteiger partial charge on any atom is 0.336 e. The lowest BCUT2D eigenvalue weighted by Crippen LogP contribution is -2.29. The van der Waals surface area contributed by atoms with E-state index in [1.165, 1.54) is 7.11 Å². The van der Waals surface area contributed by atoms with E-state index in [2.05, 4.69) is 34.5 Å². The third kappa shape index (κ3) is 3.25. The molecule has 1 aliphatic heterocycles. The van der Waals surface area contributed by atoms with Crippen molar-refractivity contribution in [1.29, 1.82) is 0 Å². The zero-order chi connectivity index (χ0) is 21.4. The molecule has 6 heteroatoms. The van der Waals surface area contributed by atoms with Crippen molar-refractivity contribution in [2.24, 2.45) is 0 Å². The average molecular weight is 513 g/mol. The van der Waals surface area contributed by atoms with Crippen LogP contribution < -0.4 is 10.1 Å². The van der Waals surface area contributed by atoms with Gasteiger partial charge < -0.3 is 14.8 Å². The van der Waals surface area contributed by atoms with Crippen LogP contribution in [0.4, 0.5) is 0 Å². The maximum atomic E-state index is 13.4. The van der Waals surface area contributed by atoms with Crippen molar-refractivity contribution < 1.29 is 19.1 Å². The van der Waals surface area contributed by atoms with E-state index >= 15 is 0 Å². The molecule has 5 nitrogen and oxygen atoms in total. The number of ketones is 1. The molecule has 2 aliphatic rings. The summed E-state index contributed by atoms with van der Waals surface area (Å²) in [5.41, 5.74) is 4.77. The molecule has 1 heterocycles. The summed E-state index contributed by atoms with van der Waals surface area (Å²) in [4.78, 5) is 26.1. The predicted molar refractivity (Wildman–Crippen MR) is 123 cm³/mol. The highest BCUT2D eigenvalue weighted by Crippen LogP contribution is 2.47. The smallest absolute Gasteiger partial charge is 0.336 e. The first-order chi connectivity index (χ1) is 14.5. The Bertz CT molecular complexity index is 1150. The van der Waals surface area contributed by atoms with Crippen molar-refractivity contribution in [2.45, 2.75) is 12.8 Å². The molecule has 0 spiro atoms. The fourth-order valence-corrected chi connectivity index (χ4v) is 4.70. The van der Waals surface area contributed by atoms with E-state index < -0.39 is 11.9 Å². The van der Waals surface area contributed by atoms with Crippen molar-refractivity contribution in [2.75, 3.05) is 13.7 Å². The number of ether oxygens (including phenoxy) is 2. The second kappa shape index (κ2) is 8.10. The number of rotatable bonds is 5. The van der Waals surface area contributed by atoms with Gasteiger partial charge in [-0.15, -0.1) is 0 Å². The summed E-state index contributed by atoms with van der Waals surface area (Å²) >= 11 is 2.20. The van der Waals surface area contributed by atoms with Crippen LogP contribution in [0.25, 0.3) is 5.70 Å². The number of carbonyl (C=O) groups excluding carboxylic acids is 2. The second-order valence-corrected chi connectivity index (χ2v) is 8.20. The highest BCUT2D eigenvalue weighted by molar-refractivity contribution is 14.1. The fourth-order valence-electron chi connectivity index (χ4n) is 4.01. The van der Waals surface area contributed by atoms with Gasteiger partial charge in [-0.05, 0) is 47.2 Å². The summed E-state index contributed by atoms with van der Waals surface area (Å²) < 4.78 is 11.6. The van der Waals surface area contributed by atoms with Crippen LogP contribution in [0.5, 0.6) is 5.75 Å². The Labute approximate surface area is 188 Å². The molecule has 0 aromatic heterocycles. The monoisotopic (exact) mass is 513 g/mol. The van der Waals surface area contributed by atoms with E-state index in [0.717, 1.165) is 26.1 Å². The molecule has 2 aromatic carbocycles. The highest BCUT2D eigenvalue weighted by Gasteiger charge is 2.42. The number of halogens is 1. The third-order valence-electron chi connectivity index (χ3n) is 5.30. The van der Waals surface area contributed by atoms with Gasteiger partial charge in [0.15, 0.2) is 5.78 Å². The number of hydrogen-bond acceptors (Lipinski definition) is 5. The van der Waals surface area contributed by atoms with Crippen molar-refractivity contribution in [3.63, 3.8) is 0 Å². The van der Waals surface area contributed by atoms with Gasteiger partial charge in [0.2, 0.25) is 0 Å². The van der Waals surface area contributed by atoms with Crippen molar-refractivity contribution in [1.82, 2.24) is 5.32 Å². The number of benzene rings is 2. The van der Waals surface area contributed by atoms with Crippen LogP contribution in [0.1, 0.15) is 34.3 Å². The minimum atomic E-state index is -0.532. The van der Waals surface area contributed by atoms with E-state index in [1.54, 1.807) is 6.08 Å². The molecule has 0 radical (unpaired) electrons. The van der Waals surface area contributed by atoms with E-state index in [-0.39, 0.29) is 5.78 Å². The van der Waals surface area contributed by atoms with Gasteiger partial charge in [0, 0.05) is 28.3 Å². The molecule has 30 heavy (non-hydrogen) atoms. The summed E-state index contributed by atoms with van der Waals surface area (Å²) in [7, 11) is 1.35.